The van der Waals surface area contributed by atoms with Gasteiger partial charge in [-0.2, -0.15) is 0 Å². The number of aryl methyl sites for hydroxylation is 1. The maximum absolute atomic E-state index is 9.41. The number of aliphatic hydroxyl groups excluding tert-OH is 1. The molecule has 0 saturated carbocycles. The van der Waals surface area contributed by atoms with Gasteiger partial charge < -0.3 is 5.11 Å². The topological polar surface area (TPSA) is 33.1 Å². The highest BCUT2D eigenvalue weighted by molar-refractivity contribution is 5.59. The highest BCUT2D eigenvalue weighted by Crippen LogP contribution is 2.20. The van der Waals surface area contributed by atoms with E-state index in [1.165, 1.54) is 0 Å². The van der Waals surface area contributed by atoms with Crippen molar-refractivity contribution in [2.24, 2.45) is 0 Å². The lowest BCUT2D eigenvalue weighted by molar-refractivity contribution is 0.199. The van der Waals surface area contributed by atoms with Crippen LogP contribution in [0.2, 0.25) is 0 Å². The molecule has 1 N–H and O–H groups in total. The monoisotopic (exact) mass is 213 g/mol. The van der Waals surface area contributed by atoms with Crippen molar-refractivity contribution in [3.63, 3.8) is 0 Å². The van der Waals surface area contributed by atoms with E-state index in [9.17, 15) is 5.11 Å². The van der Waals surface area contributed by atoms with Crippen LogP contribution in [0.1, 0.15) is 24.2 Å². The summed E-state index contributed by atoms with van der Waals surface area (Å²) < 4.78 is 0. The van der Waals surface area contributed by atoms with Crippen molar-refractivity contribution in [3.05, 3.63) is 53.7 Å². The summed E-state index contributed by atoms with van der Waals surface area (Å²) >= 11 is 0. The molecule has 82 valence electrons. The fourth-order valence-corrected chi connectivity index (χ4v) is 1.57. The summed E-state index contributed by atoms with van der Waals surface area (Å²) in [5.74, 6) is 0. The van der Waals surface area contributed by atoms with Gasteiger partial charge in [-0.1, -0.05) is 30.3 Å². The van der Waals surface area contributed by atoms with Crippen molar-refractivity contribution in [1.29, 1.82) is 0 Å². The Bertz CT molecular complexity index is 457. The van der Waals surface area contributed by atoms with Gasteiger partial charge in [-0.25, -0.2) is 0 Å². The van der Waals surface area contributed by atoms with Crippen LogP contribution in [0.5, 0.6) is 0 Å². The molecule has 0 saturated heterocycles. The molecule has 2 aromatic rings. The molecule has 0 bridgehead atoms. The first-order valence-electron chi connectivity index (χ1n) is 5.38. The average molecular weight is 213 g/mol. The zero-order chi connectivity index (χ0) is 11.5. The van der Waals surface area contributed by atoms with Gasteiger partial charge in [-0.05, 0) is 31.0 Å². The van der Waals surface area contributed by atoms with Gasteiger partial charge in [0.25, 0.3) is 0 Å². The zero-order valence-electron chi connectivity index (χ0n) is 9.51. The molecule has 0 aliphatic rings. The second-order valence-electron chi connectivity index (χ2n) is 4.02. The summed E-state index contributed by atoms with van der Waals surface area (Å²) in [6.45, 7) is 3.78. The fraction of sp³-hybridized carbons (Fsp3) is 0.214. The van der Waals surface area contributed by atoms with E-state index in [0.717, 1.165) is 22.4 Å². The van der Waals surface area contributed by atoms with Crippen LogP contribution in [0.4, 0.5) is 0 Å². The minimum Gasteiger partial charge on any atom is -0.389 e. The van der Waals surface area contributed by atoms with Gasteiger partial charge in [0.2, 0.25) is 0 Å². The summed E-state index contributed by atoms with van der Waals surface area (Å²) in [4.78, 5) is 4.36. The molecule has 1 atom stereocenters. The first kappa shape index (κ1) is 10.8. The lowest BCUT2D eigenvalue weighted by atomic mass is 10.1. The molecule has 0 radical (unpaired) electrons. The predicted molar refractivity (Wildman–Crippen MR) is 65.0 cm³/mol. The third-order valence-corrected chi connectivity index (χ3v) is 2.60. The van der Waals surface area contributed by atoms with Crippen molar-refractivity contribution in [1.82, 2.24) is 4.98 Å². The third-order valence-electron chi connectivity index (χ3n) is 2.60. The fourth-order valence-electron chi connectivity index (χ4n) is 1.57. The summed E-state index contributed by atoms with van der Waals surface area (Å²) in [5.41, 5.74) is 4.12. The van der Waals surface area contributed by atoms with Gasteiger partial charge in [0, 0.05) is 11.8 Å². The molecule has 1 aromatic carbocycles. The maximum Gasteiger partial charge on any atom is 0.0761 e. The van der Waals surface area contributed by atoms with Gasteiger partial charge in [0.1, 0.15) is 0 Å². The van der Waals surface area contributed by atoms with Crippen LogP contribution in [0.3, 0.4) is 0 Å². The van der Waals surface area contributed by atoms with Gasteiger partial charge in [-0.15, -0.1) is 0 Å². The summed E-state index contributed by atoms with van der Waals surface area (Å²) in [6, 6.07) is 11.9. The van der Waals surface area contributed by atoms with E-state index in [1.54, 1.807) is 6.92 Å². The van der Waals surface area contributed by atoms with Crippen molar-refractivity contribution in [2.75, 3.05) is 0 Å². The van der Waals surface area contributed by atoms with Crippen LogP contribution in [-0.2, 0) is 0 Å². The molecule has 0 aliphatic heterocycles. The highest BCUT2D eigenvalue weighted by atomic mass is 16.3. The number of pyridine rings is 1. The Morgan fingerprint density at radius 1 is 1.06 bits per heavy atom. The van der Waals surface area contributed by atoms with Crippen LogP contribution in [0.25, 0.3) is 11.3 Å². The molecule has 1 unspecified atom stereocenters. The second kappa shape index (κ2) is 4.45. The average Bonchev–Trinajstić information content (AvgIpc) is 2.30. The molecule has 0 aliphatic carbocycles. The van der Waals surface area contributed by atoms with E-state index in [0.29, 0.717) is 0 Å². The Morgan fingerprint density at radius 2 is 1.75 bits per heavy atom. The molecule has 16 heavy (non-hydrogen) atoms. The van der Waals surface area contributed by atoms with Crippen LogP contribution < -0.4 is 0 Å². The van der Waals surface area contributed by atoms with Crippen LogP contribution in [0, 0.1) is 6.92 Å². The zero-order valence-corrected chi connectivity index (χ0v) is 9.51. The highest BCUT2D eigenvalue weighted by Gasteiger charge is 2.02. The SMILES string of the molecule is Cc1ccc(-c2ccc(C(C)O)cc2)nc1. The largest absolute Gasteiger partial charge is 0.389 e. The smallest absolute Gasteiger partial charge is 0.0761 e. The first-order chi connectivity index (χ1) is 7.66. The van der Waals surface area contributed by atoms with Gasteiger partial charge in [0.05, 0.1) is 11.8 Å². The van der Waals surface area contributed by atoms with Crippen LogP contribution >= 0.6 is 0 Å². The van der Waals surface area contributed by atoms with Crippen molar-refractivity contribution >= 4 is 0 Å². The summed E-state index contributed by atoms with van der Waals surface area (Å²) in [7, 11) is 0. The van der Waals surface area contributed by atoms with E-state index in [2.05, 4.69) is 4.98 Å². The van der Waals surface area contributed by atoms with Crippen LogP contribution in [0.15, 0.2) is 42.6 Å². The molecular formula is C14H15NO. The number of benzene rings is 1. The Morgan fingerprint density at radius 3 is 2.25 bits per heavy atom. The third kappa shape index (κ3) is 2.28. The number of aromatic nitrogens is 1. The Labute approximate surface area is 95.6 Å². The normalized spacial score (nSPS) is 12.4. The predicted octanol–water partition coefficient (Wildman–Crippen LogP) is 3.11. The number of hydrogen-bond acceptors (Lipinski definition) is 2. The van der Waals surface area contributed by atoms with Crippen LogP contribution in [-0.4, -0.2) is 10.1 Å². The molecule has 2 heteroatoms. The van der Waals surface area contributed by atoms with Crippen molar-refractivity contribution in [2.45, 2.75) is 20.0 Å². The quantitative estimate of drug-likeness (QED) is 0.831. The Kier molecular flexibility index (Phi) is 3.02. The van der Waals surface area contributed by atoms with Gasteiger partial charge in [-0.3, -0.25) is 4.98 Å². The number of hydrogen-bond donors (Lipinski definition) is 1. The van der Waals surface area contributed by atoms with Crippen molar-refractivity contribution in [3.8, 4) is 11.3 Å². The maximum atomic E-state index is 9.41. The minimum atomic E-state index is -0.417. The second-order valence-corrected chi connectivity index (χ2v) is 4.02. The molecule has 2 rings (SSSR count). The molecular weight excluding hydrogens is 198 g/mol. The van der Waals surface area contributed by atoms with E-state index in [-0.39, 0.29) is 0 Å². The number of nitrogens with zero attached hydrogens (tertiary/aromatic N) is 1. The lowest BCUT2D eigenvalue weighted by Crippen LogP contribution is -1.90. The van der Waals surface area contributed by atoms with Gasteiger partial charge >= 0.3 is 0 Å². The summed E-state index contributed by atoms with van der Waals surface area (Å²) in [6.07, 6.45) is 1.44. The molecule has 0 amide bonds. The number of aliphatic hydroxyl groups is 1. The molecule has 0 fully saturated rings. The molecule has 1 heterocycles. The van der Waals surface area contributed by atoms with E-state index in [4.69, 9.17) is 0 Å². The molecule has 1 aromatic heterocycles. The standard InChI is InChI=1S/C14H15NO/c1-10-3-8-14(15-9-10)13-6-4-12(5-7-13)11(2)16/h3-9,11,16H,1-2H3. The van der Waals surface area contributed by atoms with E-state index in [1.807, 2.05) is 49.5 Å². The number of rotatable bonds is 2. The van der Waals surface area contributed by atoms with E-state index < -0.39 is 6.10 Å². The Balaban J connectivity index is 2.31. The Hall–Kier alpha value is -1.67. The molecule has 0 spiro atoms. The summed E-state index contributed by atoms with van der Waals surface area (Å²) in [5, 5.41) is 9.41. The lowest BCUT2D eigenvalue weighted by Gasteiger charge is -2.06. The van der Waals surface area contributed by atoms with Crippen molar-refractivity contribution < 1.29 is 5.11 Å². The molecule has 2 nitrogen and oxygen atoms in total. The van der Waals surface area contributed by atoms with Gasteiger partial charge in [0.15, 0.2) is 0 Å². The minimum absolute atomic E-state index is 0.417. The van der Waals surface area contributed by atoms with E-state index >= 15 is 0 Å². The first-order valence-corrected chi connectivity index (χ1v) is 5.38.